The van der Waals surface area contributed by atoms with Gasteiger partial charge in [0.05, 0.1) is 6.54 Å². The molecule has 76 valence electrons. The quantitative estimate of drug-likeness (QED) is 0.730. The summed E-state index contributed by atoms with van der Waals surface area (Å²) in [6.45, 7) is 6.25. The number of ketones is 1. The van der Waals surface area contributed by atoms with E-state index in [1.807, 2.05) is 18.0 Å². The number of benzene rings is 1. The van der Waals surface area contributed by atoms with Gasteiger partial charge in [0, 0.05) is 12.7 Å². The van der Waals surface area contributed by atoms with E-state index in [4.69, 9.17) is 0 Å². The molecule has 0 saturated heterocycles. The number of likely N-dealkylation sites (N-methyl/N-ethyl adjacent to an activating group) is 1. The van der Waals surface area contributed by atoms with E-state index in [0.717, 1.165) is 5.69 Å². The lowest BCUT2D eigenvalue weighted by molar-refractivity contribution is -0.115. The minimum Gasteiger partial charge on any atom is -0.367 e. The summed E-state index contributed by atoms with van der Waals surface area (Å²) in [6, 6.07) is 6.24. The van der Waals surface area contributed by atoms with Gasteiger partial charge in [0.15, 0.2) is 0 Å². The Balaban J connectivity index is 2.85. The van der Waals surface area contributed by atoms with Crippen molar-refractivity contribution in [2.75, 3.05) is 18.5 Å². The number of carbonyl (C=O) groups is 1. The third kappa shape index (κ3) is 2.59. The number of anilines is 1. The van der Waals surface area contributed by atoms with Gasteiger partial charge in [0.2, 0.25) is 0 Å². The molecule has 0 bridgehead atoms. The van der Waals surface area contributed by atoms with Gasteiger partial charge in [-0.15, -0.1) is 0 Å². The van der Waals surface area contributed by atoms with Gasteiger partial charge < -0.3 is 4.90 Å². The maximum Gasteiger partial charge on any atom is 0.149 e. The Morgan fingerprint density at radius 3 is 2.43 bits per heavy atom. The van der Waals surface area contributed by atoms with Crippen LogP contribution in [0.4, 0.5) is 5.69 Å². The molecular weight excluding hydrogens is 174 g/mol. The second-order valence-corrected chi connectivity index (χ2v) is 3.83. The van der Waals surface area contributed by atoms with Gasteiger partial charge in [-0.2, -0.15) is 0 Å². The molecule has 0 radical (unpaired) electrons. The Hall–Kier alpha value is -1.31. The average molecular weight is 191 g/mol. The Kier molecular flexibility index (Phi) is 3.28. The van der Waals surface area contributed by atoms with Crippen LogP contribution in [0.5, 0.6) is 0 Å². The van der Waals surface area contributed by atoms with Crippen LogP contribution >= 0.6 is 0 Å². The summed E-state index contributed by atoms with van der Waals surface area (Å²) in [6.07, 6.45) is 0. The van der Waals surface area contributed by atoms with Gasteiger partial charge in [-0.25, -0.2) is 0 Å². The van der Waals surface area contributed by atoms with E-state index in [1.165, 1.54) is 11.1 Å². The van der Waals surface area contributed by atoms with Crippen LogP contribution in [0.25, 0.3) is 0 Å². The fourth-order valence-electron chi connectivity index (χ4n) is 1.39. The topological polar surface area (TPSA) is 20.3 Å². The molecule has 14 heavy (non-hydrogen) atoms. The molecule has 0 atom stereocenters. The molecule has 2 nitrogen and oxygen atoms in total. The number of hydrogen-bond donors (Lipinski definition) is 0. The SMILES string of the molecule is CC(=O)CN(C)c1ccc(C)c(C)c1. The van der Waals surface area contributed by atoms with Crippen LogP contribution in [0.2, 0.25) is 0 Å². The normalized spacial score (nSPS) is 10.0. The average Bonchev–Trinajstić information content (AvgIpc) is 2.08. The highest BCUT2D eigenvalue weighted by atomic mass is 16.1. The van der Waals surface area contributed by atoms with Crippen molar-refractivity contribution in [3.8, 4) is 0 Å². The van der Waals surface area contributed by atoms with Crippen molar-refractivity contribution in [1.82, 2.24) is 0 Å². The van der Waals surface area contributed by atoms with Crippen LogP contribution in [0, 0.1) is 13.8 Å². The first-order valence-electron chi connectivity index (χ1n) is 4.78. The highest BCUT2D eigenvalue weighted by molar-refractivity contribution is 5.80. The second-order valence-electron chi connectivity index (χ2n) is 3.83. The number of aryl methyl sites for hydroxylation is 2. The van der Waals surface area contributed by atoms with Gasteiger partial charge in [-0.05, 0) is 44.0 Å². The van der Waals surface area contributed by atoms with Crippen LogP contribution in [-0.2, 0) is 4.79 Å². The van der Waals surface area contributed by atoms with E-state index in [-0.39, 0.29) is 5.78 Å². The summed E-state index contributed by atoms with van der Waals surface area (Å²) < 4.78 is 0. The Morgan fingerprint density at radius 2 is 1.93 bits per heavy atom. The van der Waals surface area contributed by atoms with E-state index in [9.17, 15) is 4.79 Å². The van der Waals surface area contributed by atoms with Crippen LogP contribution < -0.4 is 4.90 Å². The first-order valence-corrected chi connectivity index (χ1v) is 4.78. The molecule has 0 amide bonds. The first-order chi connectivity index (χ1) is 6.50. The van der Waals surface area contributed by atoms with Gasteiger partial charge in [-0.1, -0.05) is 6.07 Å². The first kappa shape index (κ1) is 10.8. The zero-order chi connectivity index (χ0) is 10.7. The summed E-state index contributed by atoms with van der Waals surface area (Å²) in [7, 11) is 1.94. The molecule has 0 heterocycles. The standard InChI is InChI=1S/C12H17NO/c1-9-5-6-12(7-10(9)2)13(4)8-11(3)14/h5-7H,8H2,1-4H3. The monoisotopic (exact) mass is 191 g/mol. The van der Waals surface area contributed by atoms with E-state index in [2.05, 4.69) is 26.0 Å². The zero-order valence-electron chi connectivity index (χ0n) is 9.29. The second kappa shape index (κ2) is 4.27. The van der Waals surface area contributed by atoms with Gasteiger partial charge in [0.1, 0.15) is 5.78 Å². The molecule has 0 saturated carbocycles. The van der Waals surface area contributed by atoms with Gasteiger partial charge in [-0.3, -0.25) is 4.79 Å². The molecule has 0 aromatic heterocycles. The van der Waals surface area contributed by atoms with E-state index in [0.29, 0.717) is 6.54 Å². The fourth-order valence-corrected chi connectivity index (χ4v) is 1.39. The Bertz CT molecular complexity index is 344. The summed E-state index contributed by atoms with van der Waals surface area (Å²) in [4.78, 5) is 12.9. The highest BCUT2D eigenvalue weighted by Crippen LogP contribution is 2.17. The lowest BCUT2D eigenvalue weighted by Crippen LogP contribution is -2.23. The third-order valence-electron chi connectivity index (χ3n) is 2.39. The molecule has 0 aliphatic carbocycles. The summed E-state index contributed by atoms with van der Waals surface area (Å²) in [5.41, 5.74) is 3.64. The van der Waals surface area contributed by atoms with Crippen molar-refractivity contribution < 1.29 is 4.79 Å². The van der Waals surface area contributed by atoms with E-state index < -0.39 is 0 Å². The molecule has 0 unspecified atom stereocenters. The maximum absolute atomic E-state index is 10.9. The smallest absolute Gasteiger partial charge is 0.149 e. The Labute approximate surface area is 85.5 Å². The number of hydrogen-bond acceptors (Lipinski definition) is 2. The largest absolute Gasteiger partial charge is 0.367 e. The minimum atomic E-state index is 0.186. The predicted octanol–water partition coefficient (Wildman–Crippen LogP) is 2.33. The van der Waals surface area contributed by atoms with Crippen molar-refractivity contribution in [2.24, 2.45) is 0 Å². The fraction of sp³-hybridized carbons (Fsp3) is 0.417. The van der Waals surface area contributed by atoms with Gasteiger partial charge >= 0.3 is 0 Å². The predicted molar refractivity (Wildman–Crippen MR) is 59.9 cm³/mol. The number of carbonyl (C=O) groups excluding carboxylic acids is 1. The van der Waals surface area contributed by atoms with Crippen molar-refractivity contribution in [2.45, 2.75) is 20.8 Å². The lowest BCUT2D eigenvalue weighted by Gasteiger charge is -2.18. The molecule has 1 aromatic carbocycles. The van der Waals surface area contributed by atoms with Crippen LogP contribution in [0.1, 0.15) is 18.1 Å². The number of nitrogens with zero attached hydrogens (tertiary/aromatic N) is 1. The van der Waals surface area contributed by atoms with Crippen LogP contribution in [0.15, 0.2) is 18.2 Å². The van der Waals surface area contributed by atoms with E-state index >= 15 is 0 Å². The molecule has 0 aliphatic heterocycles. The van der Waals surface area contributed by atoms with E-state index in [1.54, 1.807) is 6.92 Å². The molecule has 0 fully saturated rings. The molecule has 0 N–H and O–H groups in total. The molecule has 1 aromatic rings. The Morgan fingerprint density at radius 1 is 1.29 bits per heavy atom. The maximum atomic E-state index is 10.9. The third-order valence-corrected chi connectivity index (χ3v) is 2.39. The van der Waals surface area contributed by atoms with Crippen molar-refractivity contribution >= 4 is 11.5 Å². The molecule has 2 heteroatoms. The summed E-state index contributed by atoms with van der Waals surface area (Å²) in [5, 5.41) is 0. The van der Waals surface area contributed by atoms with Crippen molar-refractivity contribution in [3.63, 3.8) is 0 Å². The molecular formula is C12H17NO. The summed E-state index contributed by atoms with van der Waals surface area (Å²) in [5.74, 6) is 0.186. The summed E-state index contributed by atoms with van der Waals surface area (Å²) >= 11 is 0. The molecule has 0 aliphatic rings. The van der Waals surface area contributed by atoms with Crippen molar-refractivity contribution in [1.29, 1.82) is 0 Å². The van der Waals surface area contributed by atoms with Crippen molar-refractivity contribution in [3.05, 3.63) is 29.3 Å². The minimum absolute atomic E-state index is 0.186. The lowest BCUT2D eigenvalue weighted by atomic mass is 10.1. The number of Topliss-reactive ketones (excluding diaryl/α,β-unsaturated/α-hetero) is 1. The van der Waals surface area contributed by atoms with Crippen LogP contribution in [-0.4, -0.2) is 19.4 Å². The molecule has 0 spiro atoms. The molecule has 1 rings (SSSR count). The zero-order valence-corrected chi connectivity index (χ0v) is 9.29. The van der Waals surface area contributed by atoms with Crippen LogP contribution in [0.3, 0.4) is 0 Å². The highest BCUT2D eigenvalue weighted by Gasteiger charge is 2.03. The van der Waals surface area contributed by atoms with Gasteiger partial charge in [0.25, 0.3) is 0 Å². The number of rotatable bonds is 3.